The zero-order valence-electron chi connectivity index (χ0n) is 9.58. The molecule has 0 aromatic heterocycles. The molecule has 2 atom stereocenters. The molecular formula is C13H18ClNO. The monoisotopic (exact) mass is 239 g/mol. The zero-order chi connectivity index (χ0) is 11.5. The Hall–Kier alpha value is -0.570. The second-order valence-electron chi connectivity index (χ2n) is 4.51. The van der Waals surface area contributed by atoms with Crippen LogP contribution in [0, 0.1) is 12.8 Å². The summed E-state index contributed by atoms with van der Waals surface area (Å²) in [5, 5.41) is 0.802. The Morgan fingerprint density at radius 2 is 2.31 bits per heavy atom. The highest BCUT2D eigenvalue weighted by Gasteiger charge is 2.22. The first-order chi connectivity index (χ1) is 7.68. The minimum Gasteiger partial charge on any atom is -0.381 e. The van der Waals surface area contributed by atoms with E-state index in [9.17, 15) is 0 Å². The summed E-state index contributed by atoms with van der Waals surface area (Å²) in [5.41, 5.74) is 8.52. The number of rotatable bonds is 2. The third-order valence-electron chi connectivity index (χ3n) is 3.27. The van der Waals surface area contributed by atoms with Crippen molar-refractivity contribution in [3.8, 4) is 0 Å². The Bertz CT molecular complexity index is 361. The molecule has 0 amide bonds. The van der Waals surface area contributed by atoms with Gasteiger partial charge in [0.2, 0.25) is 0 Å². The second kappa shape index (κ2) is 5.17. The molecule has 1 aliphatic heterocycles. The van der Waals surface area contributed by atoms with E-state index in [1.807, 2.05) is 19.1 Å². The van der Waals surface area contributed by atoms with E-state index in [4.69, 9.17) is 22.1 Å². The Kier molecular flexibility index (Phi) is 3.85. The van der Waals surface area contributed by atoms with Gasteiger partial charge in [-0.15, -0.1) is 0 Å². The standard InChI is InChI=1S/C13H18ClNO/c1-9-7-10(4-5-12(9)14)13(15)11-3-2-6-16-8-11/h4-5,7,11,13H,2-3,6,8,15H2,1H3. The van der Waals surface area contributed by atoms with Gasteiger partial charge in [-0.1, -0.05) is 23.7 Å². The molecule has 0 radical (unpaired) electrons. The summed E-state index contributed by atoms with van der Waals surface area (Å²) >= 11 is 6.01. The van der Waals surface area contributed by atoms with Crippen LogP contribution in [-0.4, -0.2) is 13.2 Å². The average molecular weight is 240 g/mol. The number of hydrogen-bond donors (Lipinski definition) is 1. The van der Waals surface area contributed by atoms with E-state index in [0.29, 0.717) is 5.92 Å². The molecule has 3 heteroatoms. The molecule has 0 spiro atoms. The van der Waals surface area contributed by atoms with Gasteiger partial charge in [0, 0.05) is 23.6 Å². The highest BCUT2D eigenvalue weighted by molar-refractivity contribution is 6.31. The lowest BCUT2D eigenvalue weighted by molar-refractivity contribution is 0.0447. The Morgan fingerprint density at radius 1 is 1.50 bits per heavy atom. The topological polar surface area (TPSA) is 35.2 Å². The molecule has 1 heterocycles. The van der Waals surface area contributed by atoms with Crippen molar-refractivity contribution in [1.82, 2.24) is 0 Å². The zero-order valence-corrected chi connectivity index (χ0v) is 10.3. The van der Waals surface area contributed by atoms with Gasteiger partial charge in [0.05, 0.1) is 6.61 Å². The van der Waals surface area contributed by atoms with Crippen LogP contribution in [0.2, 0.25) is 5.02 Å². The molecule has 2 rings (SSSR count). The van der Waals surface area contributed by atoms with Gasteiger partial charge < -0.3 is 10.5 Å². The molecule has 1 saturated heterocycles. The molecule has 2 nitrogen and oxygen atoms in total. The van der Waals surface area contributed by atoms with Crippen LogP contribution < -0.4 is 5.73 Å². The quantitative estimate of drug-likeness (QED) is 0.861. The molecule has 0 aliphatic carbocycles. The molecule has 16 heavy (non-hydrogen) atoms. The van der Waals surface area contributed by atoms with E-state index in [1.165, 1.54) is 0 Å². The number of nitrogens with two attached hydrogens (primary N) is 1. The van der Waals surface area contributed by atoms with E-state index in [1.54, 1.807) is 0 Å². The smallest absolute Gasteiger partial charge is 0.0512 e. The maximum absolute atomic E-state index is 6.27. The van der Waals surface area contributed by atoms with E-state index >= 15 is 0 Å². The molecule has 1 aromatic rings. The minimum absolute atomic E-state index is 0.0660. The molecular weight excluding hydrogens is 222 g/mol. The predicted octanol–water partition coefficient (Wildman–Crippen LogP) is 3.07. The van der Waals surface area contributed by atoms with Crippen LogP contribution in [0.25, 0.3) is 0 Å². The summed E-state index contributed by atoms with van der Waals surface area (Å²) in [7, 11) is 0. The molecule has 88 valence electrons. The second-order valence-corrected chi connectivity index (χ2v) is 4.92. The van der Waals surface area contributed by atoms with Crippen molar-refractivity contribution >= 4 is 11.6 Å². The fraction of sp³-hybridized carbons (Fsp3) is 0.538. The van der Waals surface area contributed by atoms with Crippen molar-refractivity contribution in [1.29, 1.82) is 0 Å². The molecule has 2 unspecified atom stereocenters. The number of ether oxygens (including phenoxy) is 1. The van der Waals surface area contributed by atoms with Crippen LogP contribution >= 0.6 is 11.6 Å². The maximum Gasteiger partial charge on any atom is 0.0512 e. The predicted molar refractivity (Wildman–Crippen MR) is 66.7 cm³/mol. The van der Waals surface area contributed by atoms with Crippen LogP contribution in [-0.2, 0) is 4.74 Å². The Morgan fingerprint density at radius 3 is 2.94 bits per heavy atom. The fourth-order valence-corrected chi connectivity index (χ4v) is 2.31. The first kappa shape index (κ1) is 11.9. The van der Waals surface area contributed by atoms with Gasteiger partial charge in [-0.25, -0.2) is 0 Å². The van der Waals surface area contributed by atoms with Crippen LogP contribution in [0.15, 0.2) is 18.2 Å². The SMILES string of the molecule is Cc1cc(C(N)C2CCCOC2)ccc1Cl. The molecule has 1 fully saturated rings. The van der Waals surface area contributed by atoms with Gasteiger partial charge in [0.1, 0.15) is 0 Å². The number of halogens is 1. The number of aryl methyl sites for hydroxylation is 1. The Balaban J connectivity index is 2.12. The van der Waals surface area contributed by atoms with Crippen LogP contribution in [0.3, 0.4) is 0 Å². The molecule has 1 aliphatic rings. The highest BCUT2D eigenvalue weighted by atomic mass is 35.5. The van der Waals surface area contributed by atoms with E-state index in [0.717, 1.165) is 42.2 Å². The first-order valence-electron chi connectivity index (χ1n) is 5.78. The highest BCUT2D eigenvalue weighted by Crippen LogP contribution is 2.28. The summed E-state index contributed by atoms with van der Waals surface area (Å²) in [5.74, 6) is 0.439. The minimum atomic E-state index is 0.0660. The molecule has 0 bridgehead atoms. The number of benzene rings is 1. The van der Waals surface area contributed by atoms with Gasteiger partial charge >= 0.3 is 0 Å². The molecule has 2 N–H and O–H groups in total. The van der Waals surface area contributed by atoms with E-state index in [2.05, 4.69) is 6.07 Å². The summed E-state index contributed by atoms with van der Waals surface area (Å²) in [6.07, 6.45) is 2.27. The van der Waals surface area contributed by atoms with E-state index < -0.39 is 0 Å². The van der Waals surface area contributed by atoms with Crippen molar-refractivity contribution in [2.24, 2.45) is 11.7 Å². The van der Waals surface area contributed by atoms with Crippen LogP contribution in [0.4, 0.5) is 0 Å². The van der Waals surface area contributed by atoms with Crippen molar-refractivity contribution in [3.63, 3.8) is 0 Å². The average Bonchev–Trinajstić information content (AvgIpc) is 2.33. The summed E-state index contributed by atoms with van der Waals surface area (Å²) in [6.45, 7) is 3.67. The lowest BCUT2D eigenvalue weighted by atomic mass is 9.89. The lowest BCUT2D eigenvalue weighted by Gasteiger charge is -2.28. The molecule has 1 aromatic carbocycles. The summed E-state index contributed by atoms with van der Waals surface area (Å²) in [6, 6.07) is 6.10. The summed E-state index contributed by atoms with van der Waals surface area (Å²) < 4.78 is 5.47. The van der Waals surface area contributed by atoms with Crippen molar-refractivity contribution in [2.45, 2.75) is 25.8 Å². The van der Waals surface area contributed by atoms with Crippen LogP contribution in [0.1, 0.15) is 30.0 Å². The molecule has 0 saturated carbocycles. The van der Waals surface area contributed by atoms with Crippen molar-refractivity contribution in [2.75, 3.05) is 13.2 Å². The third kappa shape index (κ3) is 2.57. The van der Waals surface area contributed by atoms with Gasteiger partial charge in [-0.3, -0.25) is 0 Å². The third-order valence-corrected chi connectivity index (χ3v) is 3.69. The van der Waals surface area contributed by atoms with Gasteiger partial charge in [0.25, 0.3) is 0 Å². The van der Waals surface area contributed by atoms with Gasteiger partial charge in [0.15, 0.2) is 0 Å². The Labute approximate surface area is 102 Å². The lowest BCUT2D eigenvalue weighted by Crippen LogP contribution is -2.29. The fourth-order valence-electron chi connectivity index (χ4n) is 2.20. The normalized spacial score (nSPS) is 23.1. The number of hydrogen-bond acceptors (Lipinski definition) is 2. The maximum atomic E-state index is 6.27. The first-order valence-corrected chi connectivity index (χ1v) is 6.15. The van der Waals surface area contributed by atoms with Gasteiger partial charge in [-0.05, 0) is 37.0 Å². The summed E-state index contributed by atoms with van der Waals surface area (Å²) in [4.78, 5) is 0. The van der Waals surface area contributed by atoms with Crippen molar-refractivity contribution in [3.05, 3.63) is 34.3 Å². The van der Waals surface area contributed by atoms with Crippen LogP contribution in [0.5, 0.6) is 0 Å². The van der Waals surface area contributed by atoms with E-state index in [-0.39, 0.29) is 6.04 Å². The largest absolute Gasteiger partial charge is 0.381 e. The van der Waals surface area contributed by atoms with Gasteiger partial charge in [-0.2, -0.15) is 0 Å². The van der Waals surface area contributed by atoms with Crippen molar-refractivity contribution < 1.29 is 4.74 Å².